The van der Waals surface area contributed by atoms with Crippen LogP contribution in [0.4, 0.5) is 0 Å². The highest BCUT2D eigenvalue weighted by atomic mass is 127. The van der Waals surface area contributed by atoms with Crippen molar-refractivity contribution in [2.24, 2.45) is 7.05 Å². The first-order valence-electron chi connectivity index (χ1n) is 12.2. The lowest BCUT2D eigenvalue weighted by Gasteiger charge is -2.19. The van der Waals surface area contributed by atoms with Crippen molar-refractivity contribution in [3.63, 3.8) is 0 Å². The van der Waals surface area contributed by atoms with Crippen LogP contribution in [0.15, 0.2) is 85.1 Å². The van der Waals surface area contributed by atoms with E-state index in [-0.39, 0.29) is 29.4 Å². The standard InChI is InChI=1S/C33H36N.HI/c1-7-25-12-14-26(15-13-25)16-17-28-22-32(27-18-20-29(21-19-27)33(3,4)5)34(6)23-31(28)30-11-9-8-10-24(30)2;/h8-23H,7H2,1-6H3;1H/q+1;/p-1/b17-16+;. The molecule has 0 unspecified atom stereocenters. The van der Waals surface area contributed by atoms with E-state index in [1.807, 2.05) is 0 Å². The van der Waals surface area contributed by atoms with Crippen molar-refractivity contribution >= 4 is 12.2 Å². The van der Waals surface area contributed by atoms with Gasteiger partial charge >= 0.3 is 0 Å². The highest BCUT2D eigenvalue weighted by molar-refractivity contribution is 5.82. The molecule has 4 rings (SSSR count). The Labute approximate surface area is 228 Å². The summed E-state index contributed by atoms with van der Waals surface area (Å²) in [7, 11) is 2.14. The molecule has 0 fully saturated rings. The van der Waals surface area contributed by atoms with Crippen molar-refractivity contribution in [3.05, 3.63) is 113 Å². The maximum absolute atomic E-state index is 2.32. The average molecular weight is 574 g/mol. The van der Waals surface area contributed by atoms with E-state index in [1.165, 1.54) is 50.2 Å². The van der Waals surface area contributed by atoms with E-state index in [2.05, 4.69) is 143 Å². The third-order valence-electron chi connectivity index (χ3n) is 6.63. The molecule has 0 atom stereocenters. The van der Waals surface area contributed by atoms with Gasteiger partial charge in [0, 0.05) is 11.6 Å². The second-order valence-corrected chi connectivity index (χ2v) is 10.2. The molecule has 0 N–H and O–H groups in total. The summed E-state index contributed by atoms with van der Waals surface area (Å²) in [5.74, 6) is 0. The number of nitrogens with zero attached hydrogens (tertiary/aromatic N) is 1. The first kappa shape index (κ1) is 26.9. The van der Waals surface area contributed by atoms with Gasteiger partial charge in [0.05, 0.1) is 5.56 Å². The van der Waals surface area contributed by atoms with E-state index < -0.39 is 0 Å². The van der Waals surface area contributed by atoms with E-state index in [0.717, 1.165) is 6.42 Å². The molecule has 3 aromatic carbocycles. The number of benzene rings is 3. The molecule has 0 aliphatic rings. The largest absolute Gasteiger partial charge is 1.00 e. The number of rotatable bonds is 5. The maximum Gasteiger partial charge on any atom is 0.212 e. The SMILES string of the molecule is CCc1ccc(/C=C/c2cc(-c3ccc(C(C)(C)C)cc3)[n+](C)cc2-c2ccccc2C)cc1.[I-]. The van der Waals surface area contributed by atoms with Gasteiger partial charge in [0.2, 0.25) is 5.69 Å². The van der Waals surface area contributed by atoms with Gasteiger partial charge in [-0.1, -0.05) is 101 Å². The molecule has 35 heavy (non-hydrogen) atoms. The van der Waals surface area contributed by atoms with E-state index in [1.54, 1.807) is 0 Å². The van der Waals surface area contributed by atoms with Gasteiger partial charge in [0.15, 0.2) is 6.20 Å². The minimum atomic E-state index is 0. The lowest BCUT2D eigenvalue weighted by atomic mass is 9.86. The third kappa shape index (κ3) is 6.29. The number of hydrogen-bond donors (Lipinski definition) is 0. The fraction of sp³-hybridized carbons (Fsp3) is 0.242. The molecule has 0 spiro atoms. The molecule has 1 heterocycles. The molecule has 0 radical (unpaired) electrons. The van der Waals surface area contributed by atoms with Crippen molar-refractivity contribution in [1.82, 2.24) is 0 Å². The van der Waals surface area contributed by atoms with Crippen LogP contribution in [0.25, 0.3) is 34.5 Å². The molecule has 0 bridgehead atoms. The molecular weight excluding hydrogens is 537 g/mol. The zero-order valence-corrected chi connectivity index (χ0v) is 23.9. The Morgan fingerprint density at radius 2 is 1.46 bits per heavy atom. The van der Waals surface area contributed by atoms with Crippen LogP contribution in [-0.2, 0) is 18.9 Å². The Morgan fingerprint density at radius 3 is 2.06 bits per heavy atom. The summed E-state index contributed by atoms with van der Waals surface area (Å²) in [6, 6.07) is 28.8. The second kappa shape index (κ2) is 11.3. The van der Waals surface area contributed by atoms with Gasteiger partial charge in [-0.25, -0.2) is 4.57 Å². The first-order valence-corrected chi connectivity index (χ1v) is 12.2. The van der Waals surface area contributed by atoms with E-state index >= 15 is 0 Å². The number of aromatic nitrogens is 1. The highest BCUT2D eigenvalue weighted by Crippen LogP contribution is 2.31. The highest BCUT2D eigenvalue weighted by Gasteiger charge is 2.18. The Morgan fingerprint density at radius 1 is 0.800 bits per heavy atom. The van der Waals surface area contributed by atoms with Gasteiger partial charge in [0.25, 0.3) is 0 Å². The zero-order valence-electron chi connectivity index (χ0n) is 21.8. The van der Waals surface area contributed by atoms with Gasteiger partial charge in [0.1, 0.15) is 7.05 Å². The molecular formula is C33H36IN. The smallest absolute Gasteiger partial charge is 0.212 e. The quantitative estimate of drug-likeness (QED) is 0.229. The summed E-state index contributed by atoms with van der Waals surface area (Å²) < 4.78 is 2.25. The summed E-state index contributed by atoms with van der Waals surface area (Å²) in [6.45, 7) is 11.2. The van der Waals surface area contributed by atoms with E-state index in [4.69, 9.17) is 0 Å². The molecule has 1 aromatic heterocycles. The van der Waals surface area contributed by atoms with Crippen LogP contribution >= 0.6 is 0 Å². The van der Waals surface area contributed by atoms with Crippen molar-refractivity contribution in [2.45, 2.75) is 46.5 Å². The van der Waals surface area contributed by atoms with Crippen molar-refractivity contribution in [3.8, 4) is 22.4 Å². The average Bonchev–Trinajstić information content (AvgIpc) is 2.83. The Bertz CT molecular complexity index is 1310. The van der Waals surface area contributed by atoms with E-state index in [9.17, 15) is 0 Å². The van der Waals surface area contributed by atoms with Gasteiger partial charge in [-0.2, -0.15) is 0 Å². The monoisotopic (exact) mass is 573 g/mol. The normalized spacial score (nSPS) is 11.5. The minimum absolute atomic E-state index is 0. The van der Waals surface area contributed by atoms with Gasteiger partial charge in [-0.3, -0.25) is 0 Å². The van der Waals surface area contributed by atoms with E-state index in [0.29, 0.717) is 0 Å². The lowest BCUT2D eigenvalue weighted by molar-refractivity contribution is -0.659. The number of hydrogen-bond acceptors (Lipinski definition) is 0. The summed E-state index contributed by atoms with van der Waals surface area (Å²) in [5, 5.41) is 0. The first-order chi connectivity index (χ1) is 16.3. The number of pyridine rings is 1. The Kier molecular flexibility index (Phi) is 8.71. The summed E-state index contributed by atoms with van der Waals surface area (Å²) >= 11 is 0. The van der Waals surface area contributed by atoms with Crippen LogP contribution in [0.2, 0.25) is 0 Å². The van der Waals surface area contributed by atoms with Crippen molar-refractivity contribution in [1.29, 1.82) is 0 Å². The second-order valence-electron chi connectivity index (χ2n) is 10.2. The molecule has 2 heteroatoms. The predicted molar refractivity (Wildman–Crippen MR) is 147 cm³/mol. The summed E-state index contributed by atoms with van der Waals surface area (Å²) in [4.78, 5) is 0. The molecule has 0 saturated heterocycles. The minimum Gasteiger partial charge on any atom is -1.00 e. The molecule has 180 valence electrons. The number of aryl methyl sites for hydroxylation is 3. The van der Waals surface area contributed by atoms with Crippen molar-refractivity contribution in [2.75, 3.05) is 0 Å². The Balaban J connectivity index is 0.00000342. The molecule has 0 aliphatic heterocycles. The van der Waals surface area contributed by atoms with Gasteiger partial charge < -0.3 is 24.0 Å². The van der Waals surface area contributed by atoms with Gasteiger partial charge in [-0.05, 0) is 64.3 Å². The predicted octanol–water partition coefficient (Wildman–Crippen LogP) is 5.19. The molecule has 0 aliphatic carbocycles. The molecule has 4 aromatic rings. The Hall–Kier alpha value is -2.72. The zero-order chi connectivity index (χ0) is 24.3. The molecule has 0 saturated carbocycles. The van der Waals surface area contributed by atoms with Crippen LogP contribution in [0.1, 0.15) is 55.5 Å². The van der Waals surface area contributed by atoms with Crippen LogP contribution in [0, 0.1) is 6.92 Å². The lowest BCUT2D eigenvalue weighted by Crippen LogP contribution is -3.00. The topological polar surface area (TPSA) is 3.88 Å². The number of halogens is 1. The van der Waals surface area contributed by atoms with Crippen molar-refractivity contribution < 1.29 is 28.5 Å². The maximum atomic E-state index is 2.32. The van der Waals surface area contributed by atoms with Crippen LogP contribution in [-0.4, -0.2) is 0 Å². The van der Waals surface area contributed by atoms with Crippen LogP contribution in [0.3, 0.4) is 0 Å². The molecule has 0 amide bonds. The summed E-state index contributed by atoms with van der Waals surface area (Å²) in [6.07, 6.45) is 7.82. The fourth-order valence-corrected chi connectivity index (χ4v) is 4.38. The van der Waals surface area contributed by atoms with Crippen LogP contribution in [0.5, 0.6) is 0 Å². The van der Waals surface area contributed by atoms with Crippen LogP contribution < -0.4 is 28.5 Å². The third-order valence-corrected chi connectivity index (χ3v) is 6.63. The van der Waals surface area contributed by atoms with Gasteiger partial charge in [-0.15, -0.1) is 0 Å². The summed E-state index contributed by atoms with van der Waals surface area (Å²) in [5.41, 5.74) is 11.6. The fourth-order valence-electron chi connectivity index (χ4n) is 4.38. The molecule has 1 nitrogen and oxygen atoms in total.